The summed E-state index contributed by atoms with van der Waals surface area (Å²) in [5, 5.41) is 10.2. The lowest BCUT2D eigenvalue weighted by atomic mass is 10.1. The molecular formula is C12H16FN3O. The summed E-state index contributed by atoms with van der Waals surface area (Å²) in [6, 6.07) is 5.04. The maximum atomic E-state index is 13.5. The molecule has 2 rings (SSSR count). The molecule has 1 aromatic carbocycles. The Morgan fingerprint density at radius 2 is 2.35 bits per heavy atom. The van der Waals surface area contributed by atoms with E-state index in [2.05, 4.69) is 5.32 Å². The lowest BCUT2D eigenvalue weighted by Crippen LogP contribution is -2.44. The van der Waals surface area contributed by atoms with Crippen molar-refractivity contribution in [3.8, 4) is 5.75 Å². The zero-order chi connectivity index (χ0) is 12.3. The summed E-state index contributed by atoms with van der Waals surface area (Å²) in [5.74, 6) is 0.562. The molecule has 1 aromatic rings. The zero-order valence-electron chi connectivity index (χ0n) is 9.45. The normalized spacial score (nSPS) is 24.3. The molecule has 5 heteroatoms. The maximum Gasteiger partial charge on any atom is 0.149 e. The highest BCUT2D eigenvalue weighted by Crippen LogP contribution is 2.22. The number of hydrogen-bond donors (Lipinski definition) is 3. The molecule has 0 spiro atoms. The molecule has 1 fully saturated rings. The number of halogens is 1. The van der Waals surface area contributed by atoms with Crippen molar-refractivity contribution < 1.29 is 9.13 Å². The van der Waals surface area contributed by atoms with Crippen molar-refractivity contribution in [2.75, 3.05) is 18.8 Å². The van der Waals surface area contributed by atoms with Crippen molar-refractivity contribution in [3.05, 3.63) is 23.8 Å². The first-order valence-electron chi connectivity index (χ1n) is 5.62. The van der Waals surface area contributed by atoms with Gasteiger partial charge in [-0.2, -0.15) is 0 Å². The zero-order valence-corrected chi connectivity index (χ0v) is 9.45. The van der Waals surface area contributed by atoms with Crippen LogP contribution in [0.25, 0.3) is 0 Å². The highest BCUT2D eigenvalue weighted by molar-refractivity contribution is 5.85. The number of benzene rings is 1. The predicted molar refractivity (Wildman–Crippen MR) is 65.5 cm³/mol. The van der Waals surface area contributed by atoms with E-state index >= 15 is 0 Å². The minimum atomic E-state index is -0.996. The van der Waals surface area contributed by atoms with Gasteiger partial charge in [0.05, 0.1) is 0 Å². The van der Waals surface area contributed by atoms with Gasteiger partial charge in [-0.3, -0.25) is 0 Å². The van der Waals surface area contributed by atoms with E-state index in [1.807, 2.05) is 0 Å². The number of anilines is 1. The lowest BCUT2D eigenvalue weighted by Gasteiger charge is -2.27. The van der Waals surface area contributed by atoms with Gasteiger partial charge in [-0.15, -0.1) is 0 Å². The molecule has 1 heterocycles. The van der Waals surface area contributed by atoms with Gasteiger partial charge in [0.1, 0.15) is 18.0 Å². The number of nitrogens with one attached hydrogen (secondary N) is 2. The van der Waals surface area contributed by atoms with Crippen LogP contribution in [0.4, 0.5) is 10.1 Å². The molecule has 17 heavy (non-hydrogen) atoms. The number of ether oxygens (including phenoxy) is 1. The van der Waals surface area contributed by atoms with Gasteiger partial charge >= 0.3 is 0 Å². The van der Waals surface area contributed by atoms with Crippen LogP contribution in [-0.2, 0) is 0 Å². The van der Waals surface area contributed by atoms with E-state index in [0.29, 0.717) is 30.0 Å². The summed E-state index contributed by atoms with van der Waals surface area (Å²) in [6.07, 6.45) is 0.395. The molecule has 2 atom stereocenters. The second-order valence-corrected chi connectivity index (χ2v) is 4.10. The van der Waals surface area contributed by atoms with Crippen molar-refractivity contribution in [2.24, 2.45) is 0 Å². The van der Waals surface area contributed by atoms with Gasteiger partial charge in [0.15, 0.2) is 0 Å². The Kier molecular flexibility index (Phi) is 3.58. The Hall–Kier alpha value is -1.62. The third kappa shape index (κ3) is 2.74. The van der Waals surface area contributed by atoms with Gasteiger partial charge in [-0.05, 0) is 31.2 Å². The Balaban J connectivity index is 2.09. The van der Waals surface area contributed by atoms with Crippen molar-refractivity contribution in [3.63, 3.8) is 0 Å². The van der Waals surface area contributed by atoms with Gasteiger partial charge in [0, 0.05) is 24.0 Å². The van der Waals surface area contributed by atoms with Gasteiger partial charge in [-0.1, -0.05) is 0 Å². The number of alkyl halides is 1. The Bertz CT molecular complexity index is 411. The molecular weight excluding hydrogens is 221 g/mol. The van der Waals surface area contributed by atoms with Crippen LogP contribution in [0, 0.1) is 5.41 Å². The molecule has 0 saturated carbocycles. The standard InChI is InChI=1S/C12H16FN3O/c13-10-7-16-4-3-12(10)17-9-1-2-11(15)8(5-9)6-14/h1-2,5-6,10,12,14,16H,3-4,7,15H2/t10-,12+/m0/s1. The van der Waals surface area contributed by atoms with Gasteiger partial charge < -0.3 is 21.2 Å². The van der Waals surface area contributed by atoms with E-state index < -0.39 is 12.3 Å². The van der Waals surface area contributed by atoms with Crippen LogP contribution in [-0.4, -0.2) is 31.6 Å². The van der Waals surface area contributed by atoms with Crippen molar-refractivity contribution >= 4 is 11.9 Å². The fourth-order valence-corrected chi connectivity index (χ4v) is 1.86. The average molecular weight is 237 g/mol. The number of nitrogens with two attached hydrogens (primary N) is 1. The van der Waals surface area contributed by atoms with Crippen LogP contribution in [0.15, 0.2) is 18.2 Å². The van der Waals surface area contributed by atoms with E-state index in [4.69, 9.17) is 15.9 Å². The number of rotatable bonds is 3. The van der Waals surface area contributed by atoms with E-state index in [9.17, 15) is 4.39 Å². The molecule has 0 unspecified atom stereocenters. The fourth-order valence-electron chi connectivity index (χ4n) is 1.86. The highest BCUT2D eigenvalue weighted by Gasteiger charge is 2.26. The molecule has 1 aliphatic rings. The second kappa shape index (κ2) is 5.14. The molecule has 4 nitrogen and oxygen atoms in total. The largest absolute Gasteiger partial charge is 0.487 e. The van der Waals surface area contributed by atoms with Crippen LogP contribution in [0.1, 0.15) is 12.0 Å². The molecule has 0 aromatic heterocycles. The molecule has 4 N–H and O–H groups in total. The summed E-state index contributed by atoms with van der Waals surface area (Å²) < 4.78 is 19.1. The summed E-state index contributed by atoms with van der Waals surface area (Å²) in [4.78, 5) is 0. The first kappa shape index (κ1) is 11.9. The molecule has 0 radical (unpaired) electrons. The van der Waals surface area contributed by atoms with Crippen LogP contribution in [0.5, 0.6) is 5.75 Å². The second-order valence-electron chi connectivity index (χ2n) is 4.10. The fraction of sp³-hybridized carbons (Fsp3) is 0.417. The van der Waals surface area contributed by atoms with E-state index in [0.717, 1.165) is 12.8 Å². The van der Waals surface area contributed by atoms with Crippen LogP contribution >= 0.6 is 0 Å². The monoisotopic (exact) mass is 237 g/mol. The molecule has 92 valence electrons. The third-order valence-corrected chi connectivity index (χ3v) is 2.85. The minimum absolute atomic E-state index is 0.330. The number of piperidine rings is 1. The quantitative estimate of drug-likeness (QED) is 0.549. The molecule has 1 saturated heterocycles. The summed E-state index contributed by atoms with van der Waals surface area (Å²) in [5.41, 5.74) is 6.78. The SMILES string of the molecule is N=Cc1cc(O[C@@H]2CCNC[C@@H]2F)ccc1N. The number of nitrogen functional groups attached to an aromatic ring is 1. The minimum Gasteiger partial charge on any atom is -0.487 e. The topological polar surface area (TPSA) is 71.1 Å². The van der Waals surface area contributed by atoms with Gasteiger partial charge in [0.25, 0.3) is 0 Å². The van der Waals surface area contributed by atoms with Crippen LogP contribution in [0.3, 0.4) is 0 Å². The van der Waals surface area contributed by atoms with Gasteiger partial charge in [0.2, 0.25) is 0 Å². The first-order valence-corrected chi connectivity index (χ1v) is 5.62. The van der Waals surface area contributed by atoms with Crippen molar-refractivity contribution in [2.45, 2.75) is 18.7 Å². The summed E-state index contributed by atoms with van der Waals surface area (Å²) in [7, 11) is 0. The van der Waals surface area contributed by atoms with E-state index in [-0.39, 0.29) is 0 Å². The summed E-state index contributed by atoms with van der Waals surface area (Å²) in [6.45, 7) is 1.09. The Labute approximate surface area is 99.5 Å². The Morgan fingerprint density at radius 1 is 1.53 bits per heavy atom. The lowest BCUT2D eigenvalue weighted by molar-refractivity contribution is 0.0731. The molecule has 1 aliphatic heterocycles. The summed E-state index contributed by atoms with van der Waals surface area (Å²) >= 11 is 0. The predicted octanol–water partition coefficient (Wildman–Crippen LogP) is 1.35. The molecule has 0 amide bonds. The van der Waals surface area contributed by atoms with Crippen LogP contribution in [0.2, 0.25) is 0 Å². The molecule has 0 bridgehead atoms. The van der Waals surface area contributed by atoms with Crippen molar-refractivity contribution in [1.82, 2.24) is 5.32 Å². The Morgan fingerprint density at radius 3 is 3.06 bits per heavy atom. The van der Waals surface area contributed by atoms with Crippen molar-refractivity contribution in [1.29, 1.82) is 5.41 Å². The van der Waals surface area contributed by atoms with Gasteiger partial charge in [-0.25, -0.2) is 4.39 Å². The maximum absolute atomic E-state index is 13.5. The smallest absolute Gasteiger partial charge is 0.149 e. The number of hydrogen-bond acceptors (Lipinski definition) is 4. The molecule has 0 aliphatic carbocycles. The average Bonchev–Trinajstić information content (AvgIpc) is 2.34. The van der Waals surface area contributed by atoms with E-state index in [1.165, 1.54) is 0 Å². The van der Waals surface area contributed by atoms with E-state index in [1.54, 1.807) is 18.2 Å². The highest BCUT2D eigenvalue weighted by atomic mass is 19.1. The third-order valence-electron chi connectivity index (χ3n) is 2.85. The van der Waals surface area contributed by atoms with Crippen LogP contribution < -0.4 is 15.8 Å². The first-order chi connectivity index (χ1) is 8.20.